The minimum atomic E-state index is -0.423. The van der Waals surface area contributed by atoms with E-state index in [-0.39, 0.29) is 18.3 Å². The molecule has 2 N–H and O–H groups in total. The minimum Gasteiger partial charge on any atom is -0.324 e. The summed E-state index contributed by atoms with van der Waals surface area (Å²) in [5, 5.41) is 15.6. The number of rotatable bonds is 5. The second-order valence-electron chi connectivity index (χ2n) is 4.52. The normalized spacial score (nSPS) is 12.3. The Morgan fingerprint density at radius 2 is 2.30 bits per heavy atom. The van der Waals surface area contributed by atoms with Crippen LogP contribution in [0.4, 0.5) is 5.69 Å². The van der Waals surface area contributed by atoms with Crippen molar-refractivity contribution in [2.45, 2.75) is 25.9 Å². The molecule has 0 spiro atoms. The number of hydrogen-bond donors (Lipinski definition) is 1. The van der Waals surface area contributed by atoms with E-state index in [1.165, 1.54) is 12.1 Å². The Balaban J connectivity index is 2.27. The van der Waals surface area contributed by atoms with E-state index in [1.807, 2.05) is 6.92 Å². The average molecular weight is 295 g/mol. The summed E-state index contributed by atoms with van der Waals surface area (Å²) in [6.45, 7) is 2.27. The van der Waals surface area contributed by atoms with Gasteiger partial charge in [0.2, 0.25) is 0 Å². The summed E-state index contributed by atoms with van der Waals surface area (Å²) in [5.41, 5.74) is 7.38. The highest BCUT2D eigenvalue weighted by molar-refractivity contribution is 6.30. The van der Waals surface area contributed by atoms with Crippen molar-refractivity contribution in [2.75, 3.05) is 0 Å². The topological polar surface area (TPSA) is 87.0 Å². The Bertz CT molecular complexity index is 627. The van der Waals surface area contributed by atoms with Crippen molar-refractivity contribution >= 4 is 17.3 Å². The average Bonchev–Trinajstić information content (AvgIpc) is 2.86. The molecule has 0 saturated heterocycles. The van der Waals surface area contributed by atoms with Crippen molar-refractivity contribution in [1.82, 2.24) is 9.78 Å². The van der Waals surface area contributed by atoms with Crippen LogP contribution in [-0.2, 0) is 6.54 Å². The van der Waals surface area contributed by atoms with Crippen LogP contribution in [0, 0.1) is 10.1 Å². The number of nitro benzene ring substituents is 1. The van der Waals surface area contributed by atoms with Crippen molar-refractivity contribution in [2.24, 2.45) is 5.73 Å². The zero-order valence-electron chi connectivity index (χ0n) is 11.0. The monoisotopic (exact) mass is 294 g/mol. The largest absolute Gasteiger partial charge is 0.324 e. The fourth-order valence-corrected chi connectivity index (χ4v) is 2.12. The van der Waals surface area contributed by atoms with Crippen LogP contribution in [0.3, 0.4) is 0 Å². The highest BCUT2D eigenvalue weighted by atomic mass is 35.5. The molecule has 0 aliphatic heterocycles. The second-order valence-corrected chi connectivity index (χ2v) is 4.95. The SMILES string of the molecule is CCC(N)c1cnn(Cc2cc(Cl)ccc2[N+](=O)[O-])c1. The van der Waals surface area contributed by atoms with Crippen LogP contribution in [0.15, 0.2) is 30.6 Å². The first-order chi connectivity index (χ1) is 9.51. The zero-order chi connectivity index (χ0) is 14.7. The molecule has 1 heterocycles. The molecule has 1 atom stereocenters. The highest BCUT2D eigenvalue weighted by Gasteiger charge is 2.15. The van der Waals surface area contributed by atoms with Crippen LogP contribution in [0.2, 0.25) is 5.02 Å². The van der Waals surface area contributed by atoms with E-state index in [9.17, 15) is 10.1 Å². The van der Waals surface area contributed by atoms with Crippen molar-refractivity contribution in [1.29, 1.82) is 0 Å². The third-order valence-electron chi connectivity index (χ3n) is 3.09. The predicted octanol–water partition coefficient (Wildman–Crippen LogP) is 2.90. The van der Waals surface area contributed by atoms with Gasteiger partial charge in [0.25, 0.3) is 5.69 Å². The van der Waals surface area contributed by atoms with Gasteiger partial charge in [0.1, 0.15) is 0 Å². The van der Waals surface area contributed by atoms with Crippen molar-refractivity contribution < 1.29 is 4.92 Å². The third kappa shape index (κ3) is 3.15. The van der Waals surface area contributed by atoms with Gasteiger partial charge < -0.3 is 5.73 Å². The maximum absolute atomic E-state index is 11.0. The minimum absolute atomic E-state index is 0.0336. The van der Waals surface area contributed by atoms with E-state index in [1.54, 1.807) is 23.1 Å². The van der Waals surface area contributed by atoms with Crippen LogP contribution in [0.1, 0.15) is 30.5 Å². The number of aromatic nitrogens is 2. The summed E-state index contributed by atoms with van der Waals surface area (Å²) in [4.78, 5) is 10.6. The molecular formula is C13H15ClN4O2. The first-order valence-electron chi connectivity index (χ1n) is 6.22. The number of nitrogens with zero attached hydrogens (tertiary/aromatic N) is 3. The molecule has 106 valence electrons. The molecule has 2 rings (SSSR count). The fourth-order valence-electron chi connectivity index (χ4n) is 1.93. The Morgan fingerprint density at radius 3 is 2.95 bits per heavy atom. The van der Waals surface area contributed by atoms with E-state index >= 15 is 0 Å². The molecule has 2 aromatic rings. The summed E-state index contributed by atoms with van der Waals surface area (Å²) in [7, 11) is 0. The molecule has 0 saturated carbocycles. The molecule has 20 heavy (non-hydrogen) atoms. The molecule has 0 aliphatic rings. The smallest absolute Gasteiger partial charge is 0.274 e. The molecule has 1 aromatic carbocycles. The van der Waals surface area contributed by atoms with Gasteiger partial charge >= 0.3 is 0 Å². The predicted molar refractivity (Wildman–Crippen MR) is 76.7 cm³/mol. The lowest BCUT2D eigenvalue weighted by atomic mass is 10.1. The van der Waals surface area contributed by atoms with Crippen molar-refractivity contribution in [3.8, 4) is 0 Å². The van der Waals surface area contributed by atoms with Gasteiger partial charge in [0.15, 0.2) is 0 Å². The standard InChI is InChI=1S/C13H15ClN4O2/c1-2-12(15)10-6-16-17(8-10)7-9-5-11(14)3-4-13(9)18(19)20/h3-6,8,12H,2,7,15H2,1H3. The van der Waals surface area contributed by atoms with Gasteiger partial charge in [-0.3, -0.25) is 14.8 Å². The van der Waals surface area contributed by atoms with Crippen LogP contribution < -0.4 is 5.73 Å². The van der Waals surface area contributed by atoms with Crippen LogP contribution in [-0.4, -0.2) is 14.7 Å². The van der Waals surface area contributed by atoms with Gasteiger partial charge in [-0.05, 0) is 18.6 Å². The fraction of sp³-hybridized carbons (Fsp3) is 0.308. The second kappa shape index (κ2) is 6.02. The molecule has 1 unspecified atom stereocenters. The summed E-state index contributed by atoms with van der Waals surface area (Å²) in [6.07, 6.45) is 4.30. The van der Waals surface area contributed by atoms with Gasteiger partial charge in [0, 0.05) is 28.9 Å². The molecular weight excluding hydrogens is 280 g/mol. The van der Waals surface area contributed by atoms with E-state index < -0.39 is 4.92 Å². The lowest BCUT2D eigenvalue weighted by Crippen LogP contribution is -2.08. The Morgan fingerprint density at radius 1 is 1.55 bits per heavy atom. The molecule has 0 bridgehead atoms. The first-order valence-corrected chi connectivity index (χ1v) is 6.59. The summed E-state index contributed by atoms with van der Waals surface area (Å²) in [6, 6.07) is 4.42. The Hall–Kier alpha value is -1.92. The molecule has 6 nitrogen and oxygen atoms in total. The molecule has 0 fully saturated rings. The maximum Gasteiger partial charge on any atom is 0.274 e. The molecule has 0 amide bonds. The van der Waals surface area contributed by atoms with Crippen molar-refractivity contribution in [3.05, 3.63) is 56.9 Å². The number of nitro groups is 1. The highest BCUT2D eigenvalue weighted by Crippen LogP contribution is 2.24. The summed E-state index contributed by atoms with van der Waals surface area (Å²) in [5.74, 6) is 0. The van der Waals surface area contributed by atoms with E-state index in [2.05, 4.69) is 5.10 Å². The van der Waals surface area contributed by atoms with Crippen LogP contribution >= 0.6 is 11.6 Å². The molecule has 1 aromatic heterocycles. The number of hydrogen-bond acceptors (Lipinski definition) is 4. The zero-order valence-corrected chi connectivity index (χ0v) is 11.7. The molecule has 0 radical (unpaired) electrons. The van der Waals surface area contributed by atoms with Gasteiger partial charge in [-0.1, -0.05) is 18.5 Å². The van der Waals surface area contributed by atoms with Gasteiger partial charge in [-0.25, -0.2) is 0 Å². The van der Waals surface area contributed by atoms with E-state index in [0.29, 0.717) is 10.6 Å². The molecule has 0 aliphatic carbocycles. The Labute approximate surface area is 121 Å². The van der Waals surface area contributed by atoms with Crippen LogP contribution in [0.25, 0.3) is 0 Å². The quantitative estimate of drug-likeness (QED) is 0.678. The molecule has 7 heteroatoms. The third-order valence-corrected chi connectivity index (χ3v) is 3.33. The van der Waals surface area contributed by atoms with Gasteiger partial charge in [-0.15, -0.1) is 0 Å². The summed E-state index contributed by atoms with van der Waals surface area (Å²) >= 11 is 5.89. The number of benzene rings is 1. The lowest BCUT2D eigenvalue weighted by Gasteiger charge is -2.05. The lowest BCUT2D eigenvalue weighted by molar-refractivity contribution is -0.385. The number of nitrogens with two attached hydrogens (primary N) is 1. The number of halogens is 1. The van der Waals surface area contributed by atoms with E-state index in [0.717, 1.165) is 12.0 Å². The first kappa shape index (κ1) is 14.5. The van der Waals surface area contributed by atoms with Gasteiger partial charge in [0.05, 0.1) is 23.2 Å². The van der Waals surface area contributed by atoms with Crippen LogP contribution in [0.5, 0.6) is 0 Å². The maximum atomic E-state index is 11.0. The van der Waals surface area contributed by atoms with Gasteiger partial charge in [-0.2, -0.15) is 5.10 Å². The summed E-state index contributed by atoms with van der Waals surface area (Å²) < 4.78 is 1.63. The van der Waals surface area contributed by atoms with Crippen molar-refractivity contribution in [3.63, 3.8) is 0 Å². The van der Waals surface area contributed by atoms with E-state index in [4.69, 9.17) is 17.3 Å². The Kier molecular flexibility index (Phi) is 4.36.